The van der Waals surface area contributed by atoms with Gasteiger partial charge in [0.2, 0.25) is 0 Å². The van der Waals surface area contributed by atoms with Crippen molar-refractivity contribution in [2.75, 3.05) is 4.90 Å². The van der Waals surface area contributed by atoms with Gasteiger partial charge in [0.1, 0.15) is 11.2 Å². The molecule has 4 aromatic heterocycles. The minimum absolute atomic E-state index is 0.899. The normalized spacial score (nSPS) is 11.7. The van der Waals surface area contributed by atoms with Crippen molar-refractivity contribution >= 4 is 81.4 Å². The molecule has 0 aliphatic heterocycles. The third-order valence-corrected chi connectivity index (χ3v) is 10.5. The van der Waals surface area contributed by atoms with Gasteiger partial charge in [-0.3, -0.25) is 9.97 Å². The molecule has 0 aliphatic carbocycles. The van der Waals surface area contributed by atoms with Crippen molar-refractivity contribution in [1.29, 1.82) is 0 Å². The molecule has 0 fully saturated rings. The first-order chi connectivity index (χ1) is 24.3. The summed E-state index contributed by atoms with van der Waals surface area (Å²) in [6.07, 6.45) is 3.82. The zero-order valence-electron chi connectivity index (χ0n) is 26.2. The number of fused-ring (bicyclic) bond motifs is 7. The number of nitrogens with zero attached hydrogens (tertiary/aromatic N) is 3. The fourth-order valence-corrected chi connectivity index (χ4v) is 8.12. The van der Waals surface area contributed by atoms with Crippen LogP contribution in [-0.2, 0) is 0 Å². The van der Waals surface area contributed by atoms with Gasteiger partial charge in [-0.1, -0.05) is 91.0 Å². The van der Waals surface area contributed by atoms with E-state index in [1.165, 1.54) is 20.2 Å². The molecule has 4 nitrogen and oxygen atoms in total. The number of hydrogen-bond acceptors (Lipinski definition) is 5. The molecule has 0 bridgehead atoms. The van der Waals surface area contributed by atoms with Crippen LogP contribution in [0.1, 0.15) is 0 Å². The number of anilines is 3. The summed E-state index contributed by atoms with van der Waals surface area (Å²) in [6.45, 7) is 0. The van der Waals surface area contributed by atoms with Crippen molar-refractivity contribution in [1.82, 2.24) is 9.97 Å². The minimum atomic E-state index is 0.899. The number of rotatable bonds is 5. The summed E-state index contributed by atoms with van der Waals surface area (Å²) >= 11 is 1.83. The van der Waals surface area contributed by atoms with Crippen molar-refractivity contribution < 1.29 is 4.42 Å². The smallest absolute Gasteiger partial charge is 0.143 e. The van der Waals surface area contributed by atoms with Crippen molar-refractivity contribution in [3.63, 3.8) is 0 Å². The first kappa shape index (κ1) is 27.8. The first-order valence-electron chi connectivity index (χ1n) is 16.3. The first-order valence-corrected chi connectivity index (χ1v) is 17.1. The molecule has 4 heterocycles. The SMILES string of the molecule is c1cnc2c(N(c3ccc(-c4cccc5c4oc4ccccc45)cc3)c3ccc(-c4ccc5sc6ccccc6c5c4)nc3)cccc2c1. The number of thiophene rings is 1. The second kappa shape index (κ2) is 11.2. The van der Waals surface area contributed by atoms with E-state index in [1.807, 2.05) is 41.9 Å². The van der Waals surface area contributed by atoms with Crippen LogP contribution in [0.3, 0.4) is 0 Å². The standard InChI is InChI=1S/C44H27N3OS/c1-3-15-40-34(10-1)36-13-6-12-33(44(36)48-40)28-17-20-31(21-18-28)47(39-14-5-8-29-9-7-25-45-43(29)39)32-22-23-38(46-27-32)30-19-24-42-37(26-30)35-11-2-4-16-41(35)49-42/h1-27H. The van der Waals surface area contributed by atoms with Gasteiger partial charge < -0.3 is 9.32 Å². The molecule has 0 N–H and O–H groups in total. The molecule has 6 aromatic carbocycles. The zero-order valence-corrected chi connectivity index (χ0v) is 27.1. The fourth-order valence-electron chi connectivity index (χ4n) is 7.03. The molecule has 0 unspecified atom stereocenters. The Hall–Kier alpha value is -6.30. The predicted octanol–water partition coefficient (Wildman–Crippen LogP) is 12.7. The van der Waals surface area contributed by atoms with Crippen molar-refractivity contribution in [2.45, 2.75) is 0 Å². The van der Waals surface area contributed by atoms with Gasteiger partial charge in [0.15, 0.2) is 0 Å². The second-order valence-corrected chi connectivity index (χ2v) is 13.3. The molecule has 0 saturated heterocycles. The Morgan fingerprint density at radius 1 is 0.531 bits per heavy atom. The van der Waals surface area contributed by atoms with E-state index in [1.54, 1.807) is 0 Å². The number of furan rings is 1. The van der Waals surface area contributed by atoms with E-state index in [4.69, 9.17) is 14.4 Å². The molecule has 49 heavy (non-hydrogen) atoms. The van der Waals surface area contributed by atoms with Crippen LogP contribution in [0, 0.1) is 0 Å². The van der Waals surface area contributed by atoms with Crippen LogP contribution in [0.5, 0.6) is 0 Å². The highest BCUT2D eigenvalue weighted by molar-refractivity contribution is 7.25. The van der Waals surface area contributed by atoms with E-state index in [2.05, 4.69) is 138 Å². The van der Waals surface area contributed by atoms with Crippen LogP contribution < -0.4 is 4.90 Å². The molecule has 0 saturated carbocycles. The Morgan fingerprint density at radius 2 is 1.29 bits per heavy atom. The summed E-state index contributed by atoms with van der Waals surface area (Å²) in [7, 11) is 0. The topological polar surface area (TPSA) is 42.2 Å². The van der Waals surface area contributed by atoms with E-state index < -0.39 is 0 Å². The van der Waals surface area contributed by atoms with Crippen LogP contribution in [-0.4, -0.2) is 9.97 Å². The van der Waals surface area contributed by atoms with Crippen molar-refractivity contribution in [3.8, 4) is 22.4 Å². The lowest BCUT2D eigenvalue weighted by Crippen LogP contribution is -2.11. The van der Waals surface area contributed by atoms with Crippen LogP contribution in [0.15, 0.2) is 168 Å². The van der Waals surface area contributed by atoms with Gasteiger partial charge in [-0.15, -0.1) is 11.3 Å². The minimum Gasteiger partial charge on any atom is -0.455 e. The molecular formula is C44H27N3OS. The van der Waals surface area contributed by atoms with E-state index in [0.29, 0.717) is 0 Å². The van der Waals surface area contributed by atoms with E-state index in [0.717, 1.165) is 72.3 Å². The molecule has 230 valence electrons. The number of pyridine rings is 2. The number of hydrogen-bond donors (Lipinski definition) is 0. The zero-order chi connectivity index (χ0) is 32.3. The summed E-state index contributed by atoms with van der Waals surface area (Å²) in [4.78, 5) is 12.1. The van der Waals surface area contributed by atoms with Gasteiger partial charge in [0.05, 0.1) is 28.8 Å². The fraction of sp³-hybridized carbons (Fsp3) is 0. The average molecular weight is 646 g/mol. The molecule has 10 aromatic rings. The molecular weight excluding hydrogens is 619 g/mol. The maximum atomic E-state index is 6.36. The number of benzene rings is 6. The third-order valence-electron chi connectivity index (χ3n) is 9.37. The Bertz CT molecular complexity index is 2830. The Balaban J connectivity index is 1.08. The highest BCUT2D eigenvalue weighted by Crippen LogP contribution is 2.41. The van der Waals surface area contributed by atoms with Gasteiger partial charge >= 0.3 is 0 Å². The van der Waals surface area contributed by atoms with Gasteiger partial charge in [-0.05, 0) is 66.2 Å². The maximum Gasteiger partial charge on any atom is 0.143 e. The van der Waals surface area contributed by atoms with Crippen molar-refractivity contribution in [3.05, 3.63) is 164 Å². The lowest BCUT2D eigenvalue weighted by atomic mass is 10.0. The summed E-state index contributed by atoms with van der Waals surface area (Å²) in [5.41, 5.74) is 9.89. The predicted molar refractivity (Wildman–Crippen MR) is 205 cm³/mol. The van der Waals surface area contributed by atoms with E-state index in [-0.39, 0.29) is 0 Å². The maximum absolute atomic E-state index is 6.36. The van der Waals surface area contributed by atoms with Crippen LogP contribution in [0.4, 0.5) is 17.1 Å². The summed E-state index contributed by atoms with van der Waals surface area (Å²) in [6, 6.07) is 53.2. The number of para-hydroxylation sites is 3. The summed E-state index contributed by atoms with van der Waals surface area (Å²) in [5, 5.41) is 5.89. The summed E-state index contributed by atoms with van der Waals surface area (Å²) in [5.74, 6) is 0. The van der Waals surface area contributed by atoms with Crippen LogP contribution in [0.25, 0.3) is 75.4 Å². The third kappa shape index (κ3) is 4.59. The average Bonchev–Trinajstić information content (AvgIpc) is 3.74. The molecule has 0 radical (unpaired) electrons. The lowest BCUT2D eigenvalue weighted by molar-refractivity contribution is 0.670. The highest BCUT2D eigenvalue weighted by Gasteiger charge is 2.18. The second-order valence-electron chi connectivity index (χ2n) is 12.2. The quantitative estimate of drug-likeness (QED) is 0.187. The molecule has 0 atom stereocenters. The lowest BCUT2D eigenvalue weighted by Gasteiger charge is -2.26. The summed E-state index contributed by atoms with van der Waals surface area (Å²) < 4.78 is 8.96. The van der Waals surface area contributed by atoms with Gasteiger partial charge in [-0.25, -0.2) is 0 Å². The Morgan fingerprint density at radius 3 is 2.18 bits per heavy atom. The molecule has 10 rings (SSSR count). The largest absolute Gasteiger partial charge is 0.455 e. The van der Waals surface area contributed by atoms with Crippen molar-refractivity contribution in [2.24, 2.45) is 0 Å². The molecule has 0 amide bonds. The van der Waals surface area contributed by atoms with Gasteiger partial charge in [0, 0.05) is 59.3 Å². The van der Waals surface area contributed by atoms with Crippen LogP contribution >= 0.6 is 11.3 Å². The Kier molecular flexibility index (Phi) is 6.32. The van der Waals surface area contributed by atoms with Gasteiger partial charge in [0.25, 0.3) is 0 Å². The van der Waals surface area contributed by atoms with E-state index >= 15 is 0 Å². The number of aromatic nitrogens is 2. The molecule has 0 spiro atoms. The monoisotopic (exact) mass is 645 g/mol. The Labute approximate surface area is 286 Å². The molecule has 0 aliphatic rings. The molecule has 5 heteroatoms. The van der Waals surface area contributed by atoms with E-state index in [9.17, 15) is 0 Å². The van der Waals surface area contributed by atoms with Crippen LogP contribution in [0.2, 0.25) is 0 Å². The van der Waals surface area contributed by atoms with Gasteiger partial charge in [-0.2, -0.15) is 0 Å². The highest BCUT2D eigenvalue weighted by atomic mass is 32.1.